The molecule has 176 valence electrons. The molecular formula is C21H19N5O7S. The Labute approximate surface area is 192 Å². The number of H-pyrrole nitrogens is 2. The zero-order valence-corrected chi connectivity index (χ0v) is 18.7. The van der Waals surface area contributed by atoms with Crippen molar-refractivity contribution >= 4 is 44.4 Å². The average molecular weight is 485 g/mol. The second-order valence-corrected chi connectivity index (χ2v) is 8.98. The molecule has 34 heavy (non-hydrogen) atoms. The van der Waals surface area contributed by atoms with Crippen LogP contribution in [0.2, 0.25) is 0 Å². The first-order valence-electron chi connectivity index (χ1n) is 9.91. The molecule has 0 spiro atoms. The Bertz CT molecular complexity index is 1550. The lowest BCUT2D eigenvalue weighted by Crippen LogP contribution is -2.30. The van der Waals surface area contributed by atoms with Crippen molar-refractivity contribution in [2.24, 2.45) is 0 Å². The summed E-state index contributed by atoms with van der Waals surface area (Å²) in [5.41, 5.74) is 0.139. The van der Waals surface area contributed by atoms with Crippen LogP contribution in [0.3, 0.4) is 0 Å². The van der Waals surface area contributed by atoms with Crippen LogP contribution in [0.1, 0.15) is 23.0 Å². The molecule has 0 bridgehead atoms. The molecule has 4 rings (SSSR count). The maximum Gasteiger partial charge on any atom is 0.341 e. The number of nitrogens with one attached hydrogen (secondary N) is 4. The van der Waals surface area contributed by atoms with Gasteiger partial charge >= 0.3 is 11.7 Å². The predicted molar refractivity (Wildman–Crippen MR) is 121 cm³/mol. The van der Waals surface area contributed by atoms with Gasteiger partial charge in [0.25, 0.3) is 15.9 Å². The number of amides is 1. The highest BCUT2D eigenvalue weighted by Crippen LogP contribution is 2.23. The summed E-state index contributed by atoms with van der Waals surface area (Å²) in [6.07, 6.45) is -1.21. The van der Waals surface area contributed by atoms with Gasteiger partial charge in [0.05, 0.1) is 27.2 Å². The smallest absolute Gasteiger partial charge is 0.341 e. The molecule has 0 fully saturated rings. The van der Waals surface area contributed by atoms with E-state index in [0.717, 1.165) is 0 Å². The van der Waals surface area contributed by atoms with Crippen molar-refractivity contribution in [1.29, 1.82) is 0 Å². The molecule has 1 atom stereocenters. The Kier molecular flexibility index (Phi) is 5.94. The van der Waals surface area contributed by atoms with Crippen LogP contribution in [-0.2, 0) is 19.6 Å². The van der Waals surface area contributed by atoms with Crippen LogP contribution in [0.25, 0.3) is 11.0 Å². The average Bonchev–Trinajstić information content (AvgIpc) is 3.36. The molecule has 4 aromatic rings. The number of imidazole rings is 1. The number of fused-ring (bicyclic) bond motifs is 1. The molecule has 0 aliphatic rings. The van der Waals surface area contributed by atoms with Crippen molar-refractivity contribution in [1.82, 2.24) is 15.1 Å². The first-order valence-corrected chi connectivity index (χ1v) is 11.4. The fraction of sp³-hybridized carbons (Fsp3) is 0.143. The number of rotatable bonds is 7. The molecule has 12 nitrogen and oxygen atoms in total. The number of anilines is 2. The van der Waals surface area contributed by atoms with Crippen LogP contribution in [0.15, 0.2) is 62.7 Å². The normalized spacial score (nSPS) is 12.3. The highest BCUT2D eigenvalue weighted by Gasteiger charge is 2.24. The Morgan fingerprint density at radius 3 is 2.56 bits per heavy atom. The summed E-state index contributed by atoms with van der Waals surface area (Å²) < 4.78 is 38.3. The minimum Gasteiger partial charge on any atom is -0.449 e. The zero-order chi connectivity index (χ0) is 24.5. The van der Waals surface area contributed by atoms with Gasteiger partial charge in [0, 0.05) is 6.07 Å². The lowest BCUT2D eigenvalue weighted by atomic mass is 10.2. The van der Waals surface area contributed by atoms with E-state index >= 15 is 0 Å². The van der Waals surface area contributed by atoms with Gasteiger partial charge in [-0.05, 0) is 44.2 Å². The number of aryl methyl sites for hydroxylation is 1. The Morgan fingerprint density at radius 2 is 1.82 bits per heavy atom. The van der Waals surface area contributed by atoms with Gasteiger partial charge in [-0.25, -0.2) is 18.0 Å². The van der Waals surface area contributed by atoms with Gasteiger partial charge in [-0.1, -0.05) is 17.3 Å². The van der Waals surface area contributed by atoms with E-state index in [0.29, 0.717) is 16.8 Å². The predicted octanol–water partition coefficient (Wildman–Crippen LogP) is 2.14. The van der Waals surface area contributed by atoms with E-state index in [1.807, 2.05) is 0 Å². The Morgan fingerprint density at radius 1 is 1.09 bits per heavy atom. The Hall–Kier alpha value is -4.39. The van der Waals surface area contributed by atoms with Crippen molar-refractivity contribution in [2.75, 3.05) is 10.0 Å². The molecule has 0 radical (unpaired) electrons. The number of sulfonamides is 1. The third-order valence-corrected chi connectivity index (χ3v) is 6.08. The lowest BCUT2D eigenvalue weighted by molar-refractivity contribution is -0.123. The largest absolute Gasteiger partial charge is 0.449 e. The molecule has 2 heterocycles. The second-order valence-electron chi connectivity index (χ2n) is 7.30. The topological polar surface area (TPSA) is 176 Å². The number of para-hydroxylation sites is 1. The summed E-state index contributed by atoms with van der Waals surface area (Å²) in [5, 5.41) is 6.08. The van der Waals surface area contributed by atoms with Crippen LogP contribution >= 0.6 is 0 Å². The van der Waals surface area contributed by atoms with E-state index in [1.165, 1.54) is 55.5 Å². The first-order chi connectivity index (χ1) is 16.1. The molecule has 2 aromatic heterocycles. The van der Waals surface area contributed by atoms with Crippen molar-refractivity contribution in [2.45, 2.75) is 24.8 Å². The minimum atomic E-state index is -4.13. The maximum absolute atomic E-state index is 12.9. The van der Waals surface area contributed by atoms with E-state index in [2.05, 4.69) is 25.2 Å². The lowest BCUT2D eigenvalue weighted by Gasteiger charge is -2.15. The Balaban J connectivity index is 1.51. The number of hydrogen-bond donors (Lipinski definition) is 4. The van der Waals surface area contributed by atoms with Gasteiger partial charge in [0.2, 0.25) is 0 Å². The summed E-state index contributed by atoms with van der Waals surface area (Å²) in [6.45, 7) is 3.01. The van der Waals surface area contributed by atoms with Gasteiger partial charge in [0.1, 0.15) is 5.76 Å². The van der Waals surface area contributed by atoms with Crippen molar-refractivity contribution in [3.8, 4) is 0 Å². The molecule has 0 saturated heterocycles. The van der Waals surface area contributed by atoms with E-state index < -0.39 is 33.7 Å². The molecule has 1 amide bonds. The molecule has 4 N–H and O–H groups in total. The third kappa shape index (κ3) is 4.83. The third-order valence-electron chi connectivity index (χ3n) is 4.72. The number of esters is 1. The number of carbonyl (C=O) groups excluding carboxylic acids is 2. The van der Waals surface area contributed by atoms with Crippen molar-refractivity contribution in [3.63, 3.8) is 0 Å². The first kappa shape index (κ1) is 22.8. The zero-order valence-electron chi connectivity index (χ0n) is 17.9. The summed E-state index contributed by atoms with van der Waals surface area (Å²) in [6, 6.07) is 11.3. The quantitative estimate of drug-likeness (QED) is 0.288. The van der Waals surface area contributed by atoms with Gasteiger partial charge in [-0.3, -0.25) is 9.52 Å². The van der Waals surface area contributed by atoms with Gasteiger partial charge in [-0.15, -0.1) is 0 Å². The monoisotopic (exact) mass is 485 g/mol. The number of aromatic amines is 2. The highest BCUT2D eigenvalue weighted by atomic mass is 32.2. The molecule has 0 saturated carbocycles. The van der Waals surface area contributed by atoms with Crippen LogP contribution in [0.5, 0.6) is 0 Å². The van der Waals surface area contributed by atoms with Crippen LogP contribution in [0.4, 0.5) is 11.5 Å². The summed E-state index contributed by atoms with van der Waals surface area (Å²) >= 11 is 0. The SMILES string of the molecule is Cc1cc(NC(=O)C(C)OC(=O)c2ccccc2NS(=O)(=O)c2ccc3[nH]c(=O)[nH]c3c2)no1. The van der Waals surface area contributed by atoms with E-state index in [4.69, 9.17) is 9.26 Å². The number of hydrogen-bond acceptors (Lipinski definition) is 8. The van der Waals surface area contributed by atoms with E-state index in [1.54, 1.807) is 6.92 Å². The molecule has 2 aromatic carbocycles. The van der Waals surface area contributed by atoms with Gasteiger partial charge in [0.15, 0.2) is 11.9 Å². The van der Waals surface area contributed by atoms with Gasteiger partial charge < -0.3 is 24.5 Å². The van der Waals surface area contributed by atoms with E-state index in [9.17, 15) is 22.8 Å². The maximum atomic E-state index is 12.9. The number of carbonyl (C=O) groups is 2. The van der Waals surface area contributed by atoms with Crippen molar-refractivity contribution < 1.29 is 27.3 Å². The van der Waals surface area contributed by atoms with Crippen molar-refractivity contribution in [3.05, 3.63) is 70.3 Å². The molecule has 13 heteroatoms. The molecule has 1 unspecified atom stereocenters. The fourth-order valence-corrected chi connectivity index (χ4v) is 4.17. The number of benzene rings is 2. The highest BCUT2D eigenvalue weighted by molar-refractivity contribution is 7.92. The van der Waals surface area contributed by atoms with E-state index in [-0.39, 0.29) is 22.0 Å². The number of aromatic nitrogens is 3. The van der Waals surface area contributed by atoms with Crippen LogP contribution < -0.4 is 15.7 Å². The minimum absolute atomic E-state index is 0.0464. The fourth-order valence-electron chi connectivity index (χ4n) is 3.06. The molecule has 0 aliphatic heterocycles. The van der Waals surface area contributed by atoms with Crippen LogP contribution in [-0.4, -0.2) is 41.5 Å². The number of ether oxygens (including phenoxy) is 1. The molecule has 0 aliphatic carbocycles. The summed E-state index contributed by atoms with van der Waals surface area (Å²) in [5.74, 6) is -0.904. The van der Waals surface area contributed by atoms with Crippen LogP contribution in [0, 0.1) is 6.92 Å². The summed E-state index contributed by atoms with van der Waals surface area (Å²) in [4.78, 5) is 41.3. The second kappa shape index (κ2) is 8.86. The number of nitrogens with zero attached hydrogens (tertiary/aromatic N) is 1. The van der Waals surface area contributed by atoms with Gasteiger partial charge in [-0.2, -0.15) is 0 Å². The molecular weight excluding hydrogens is 466 g/mol. The standard InChI is InChI=1S/C21H19N5O7S/c1-11-9-18(25-33-11)24-19(27)12(2)32-20(28)14-5-3-4-6-15(14)26-34(30,31)13-7-8-16-17(10-13)23-21(29)22-16/h3-10,12,26H,1-2H3,(H2,22,23,29)(H,24,25,27). The summed E-state index contributed by atoms with van der Waals surface area (Å²) in [7, 11) is -4.13.